The molecule has 0 spiro atoms. The van der Waals surface area contributed by atoms with Crippen molar-refractivity contribution < 1.29 is 19.7 Å². The quantitative estimate of drug-likeness (QED) is 0.639. The largest absolute Gasteiger partial charge is 0.494 e. The normalized spacial score (nSPS) is 10.4. The molecule has 1 rings (SSSR count). The van der Waals surface area contributed by atoms with Crippen molar-refractivity contribution in [1.29, 1.82) is 0 Å². The molecule has 0 fully saturated rings. The number of benzene rings is 1. The van der Waals surface area contributed by atoms with Gasteiger partial charge in [0.05, 0.1) is 12.2 Å². The van der Waals surface area contributed by atoms with Gasteiger partial charge in [0.2, 0.25) is 0 Å². The summed E-state index contributed by atoms with van der Waals surface area (Å²) in [5.74, 6) is -0.209. The average molecular weight is 266 g/mol. The molecule has 1 aromatic carbocycles. The number of carboxylic acids is 1. The van der Waals surface area contributed by atoms with Gasteiger partial charge >= 0.3 is 5.97 Å². The molecule has 0 radical (unpaired) electrons. The highest BCUT2D eigenvalue weighted by Crippen LogP contribution is 2.13. The van der Waals surface area contributed by atoms with Crippen LogP contribution < -0.4 is 4.74 Å². The Balaban J connectivity index is 2.07. The van der Waals surface area contributed by atoms with Crippen LogP contribution in [-0.4, -0.2) is 29.4 Å². The summed E-state index contributed by atoms with van der Waals surface area (Å²) >= 11 is 0. The monoisotopic (exact) mass is 266 g/mol. The molecule has 0 aliphatic carbocycles. The molecule has 0 bridgehead atoms. The molecule has 0 saturated heterocycles. The Morgan fingerprint density at radius 2 is 1.53 bits per heavy atom. The van der Waals surface area contributed by atoms with Gasteiger partial charge in [-0.15, -0.1) is 0 Å². The van der Waals surface area contributed by atoms with Crippen LogP contribution in [0.15, 0.2) is 24.3 Å². The van der Waals surface area contributed by atoms with Crippen LogP contribution in [0.25, 0.3) is 0 Å². The molecule has 0 unspecified atom stereocenters. The summed E-state index contributed by atoms with van der Waals surface area (Å²) in [5.41, 5.74) is 0.274. The first-order valence-corrected chi connectivity index (χ1v) is 6.81. The van der Waals surface area contributed by atoms with E-state index in [2.05, 4.69) is 0 Å². The fourth-order valence-electron chi connectivity index (χ4n) is 1.80. The van der Waals surface area contributed by atoms with E-state index in [0.29, 0.717) is 12.4 Å². The van der Waals surface area contributed by atoms with Gasteiger partial charge in [-0.2, -0.15) is 0 Å². The van der Waals surface area contributed by atoms with Gasteiger partial charge in [-0.1, -0.05) is 25.7 Å². The SMILES string of the molecule is O=C(O)c1ccc(OCCCCCCCCO)cc1. The molecule has 2 N–H and O–H groups in total. The van der Waals surface area contributed by atoms with Gasteiger partial charge in [0.1, 0.15) is 5.75 Å². The van der Waals surface area contributed by atoms with Crippen molar-refractivity contribution in [3.8, 4) is 5.75 Å². The standard InChI is InChI=1S/C15H22O4/c16-11-5-3-1-2-4-6-12-19-14-9-7-13(8-10-14)15(17)18/h7-10,16H,1-6,11-12H2,(H,17,18). The maximum Gasteiger partial charge on any atom is 0.335 e. The van der Waals surface area contributed by atoms with E-state index in [9.17, 15) is 4.79 Å². The van der Waals surface area contributed by atoms with Gasteiger partial charge in [0, 0.05) is 6.61 Å². The Kier molecular flexibility index (Phi) is 7.66. The lowest BCUT2D eigenvalue weighted by molar-refractivity contribution is 0.0697. The average Bonchev–Trinajstić information content (AvgIpc) is 2.42. The van der Waals surface area contributed by atoms with Crippen molar-refractivity contribution in [3.63, 3.8) is 0 Å². The predicted molar refractivity (Wildman–Crippen MR) is 73.7 cm³/mol. The van der Waals surface area contributed by atoms with E-state index < -0.39 is 5.97 Å². The molecule has 1 aromatic rings. The third-order valence-electron chi connectivity index (χ3n) is 2.92. The van der Waals surface area contributed by atoms with Crippen LogP contribution in [0, 0.1) is 0 Å². The number of aliphatic hydroxyl groups excluding tert-OH is 1. The molecular weight excluding hydrogens is 244 g/mol. The molecule has 0 heterocycles. The predicted octanol–water partition coefficient (Wildman–Crippen LogP) is 3.10. The van der Waals surface area contributed by atoms with Crippen molar-refractivity contribution >= 4 is 5.97 Å². The third kappa shape index (κ3) is 6.82. The van der Waals surface area contributed by atoms with Crippen molar-refractivity contribution in [2.24, 2.45) is 0 Å². The molecule has 0 atom stereocenters. The van der Waals surface area contributed by atoms with E-state index in [0.717, 1.165) is 32.1 Å². The van der Waals surface area contributed by atoms with Gasteiger partial charge in [-0.25, -0.2) is 4.79 Å². The minimum Gasteiger partial charge on any atom is -0.494 e. The Bertz CT molecular complexity index is 359. The Morgan fingerprint density at radius 3 is 2.11 bits per heavy atom. The first-order chi connectivity index (χ1) is 9.24. The second-order valence-electron chi connectivity index (χ2n) is 4.52. The van der Waals surface area contributed by atoms with Crippen LogP contribution in [0.3, 0.4) is 0 Å². The molecule has 106 valence electrons. The number of hydrogen-bond acceptors (Lipinski definition) is 3. The zero-order valence-corrected chi connectivity index (χ0v) is 11.2. The third-order valence-corrected chi connectivity index (χ3v) is 2.92. The zero-order valence-electron chi connectivity index (χ0n) is 11.2. The summed E-state index contributed by atoms with van der Waals surface area (Å²) in [7, 11) is 0. The summed E-state index contributed by atoms with van der Waals surface area (Å²) in [4.78, 5) is 10.7. The van der Waals surface area contributed by atoms with Crippen molar-refractivity contribution in [1.82, 2.24) is 0 Å². The molecule has 4 heteroatoms. The highest BCUT2D eigenvalue weighted by atomic mass is 16.5. The molecule has 0 saturated carbocycles. The summed E-state index contributed by atoms with van der Waals surface area (Å²) in [6.45, 7) is 0.946. The van der Waals surface area contributed by atoms with E-state index in [4.69, 9.17) is 14.9 Å². The number of rotatable bonds is 10. The second kappa shape index (κ2) is 9.39. The first kappa shape index (κ1) is 15.5. The molecule has 4 nitrogen and oxygen atoms in total. The van der Waals surface area contributed by atoms with Crippen LogP contribution in [0.2, 0.25) is 0 Å². The minimum absolute atomic E-state index is 0.274. The van der Waals surface area contributed by atoms with Gasteiger partial charge in [0.15, 0.2) is 0 Å². The van der Waals surface area contributed by atoms with Crippen LogP contribution >= 0.6 is 0 Å². The summed E-state index contributed by atoms with van der Waals surface area (Å²) < 4.78 is 5.54. The van der Waals surface area contributed by atoms with Crippen LogP contribution in [0.4, 0.5) is 0 Å². The van der Waals surface area contributed by atoms with E-state index in [1.54, 1.807) is 24.3 Å². The number of carboxylic acid groups (broad SMARTS) is 1. The van der Waals surface area contributed by atoms with Crippen LogP contribution in [0.1, 0.15) is 48.9 Å². The Hall–Kier alpha value is -1.55. The summed E-state index contributed by atoms with van der Waals surface area (Å²) in [5, 5.41) is 17.4. The number of carbonyl (C=O) groups is 1. The maximum atomic E-state index is 10.7. The molecule has 0 amide bonds. The second-order valence-corrected chi connectivity index (χ2v) is 4.52. The molecule has 0 aromatic heterocycles. The topological polar surface area (TPSA) is 66.8 Å². The highest BCUT2D eigenvalue weighted by molar-refractivity contribution is 5.87. The van der Waals surface area contributed by atoms with Gasteiger partial charge in [-0.3, -0.25) is 0 Å². The van der Waals surface area contributed by atoms with Gasteiger partial charge in [-0.05, 0) is 37.1 Å². The summed E-state index contributed by atoms with van der Waals surface area (Å²) in [6.07, 6.45) is 6.44. The lowest BCUT2D eigenvalue weighted by atomic mass is 10.1. The Labute approximate surface area is 114 Å². The van der Waals surface area contributed by atoms with Crippen LogP contribution in [0.5, 0.6) is 5.75 Å². The molecular formula is C15H22O4. The fraction of sp³-hybridized carbons (Fsp3) is 0.533. The minimum atomic E-state index is -0.922. The van der Waals surface area contributed by atoms with E-state index in [-0.39, 0.29) is 12.2 Å². The zero-order chi connectivity index (χ0) is 13.9. The highest BCUT2D eigenvalue weighted by Gasteiger charge is 2.01. The fourth-order valence-corrected chi connectivity index (χ4v) is 1.80. The number of unbranched alkanes of at least 4 members (excludes halogenated alkanes) is 5. The van der Waals surface area contributed by atoms with Crippen molar-refractivity contribution in [3.05, 3.63) is 29.8 Å². The van der Waals surface area contributed by atoms with E-state index in [1.165, 1.54) is 6.42 Å². The van der Waals surface area contributed by atoms with Crippen molar-refractivity contribution in [2.75, 3.05) is 13.2 Å². The van der Waals surface area contributed by atoms with Crippen molar-refractivity contribution in [2.45, 2.75) is 38.5 Å². The molecule has 19 heavy (non-hydrogen) atoms. The number of ether oxygens (including phenoxy) is 1. The van der Waals surface area contributed by atoms with Gasteiger partial charge < -0.3 is 14.9 Å². The van der Waals surface area contributed by atoms with Crippen LogP contribution in [-0.2, 0) is 0 Å². The van der Waals surface area contributed by atoms with E-state index in [1.807, 2.05) is 0 Å². The molecule has 0 aliphatic heterocycles. The van der Waals surface area contributed by atoms with Gasteiger partial charge in [0.25, 0.3) is 0 Å². The smallest absolute Gasteiger partial charge is 0.335 e. The number of hydrogen-bond donors (Lipinski definition) is 2. The Morgan fingerprint density at radius 1 is 0.947 bits per heavy atom. The lowest BCUT2D eigenvalue weighted by Gasteiger charge is -2.06. The number of aromatic carboxylic acids is 1. The summed E-state index contributed by atoms with van der Waals surface area (Å²) in [6, 6.07) is 6.47. The maximum absolute atomic E-state index is 10.7. The number of aliphatic hydroxyl groups is 1. The first-order valence-electron chi connectivity index (χ1n) is 6.81. The van der Waals surface area contributed by atoms with E-state index >= 15 is 0 Å². The molecule has 0 aliphatic rings. The lowest BCUT2D eigenvalue weighted by Crippen LogP contribution is -1.99.